The number of thioether (sulfide) groups is 1. The highest BCUT2D eigenvalue weighted by Gasteiger charge is 2.03. The molecule has 0 saturated heterocycles. The fraction of sp³-hybridized carbons (Fsp3) is 0.0909. The number of nitrogens with zero attached hydrogens (tertiary/aromatic N) is 2. The van der Waals surface area contributed by atoms with Gasteiger partial charge in [0.15, 0.2) is 0 Å². The molecule has 2 rings (SSSR count). The van der Waals surface area contributed by atoms with E-state index in [0.29, 0.717) is 0 Å². The van der Waals surface area contributed by atoms with Crippen molar-refractivity contribution in [2.75, 3.05) is 0 Å². The Morgan fingerprint density at radius 1 is 1.00 bits per heavy atom. The zero-order chi connectivity index (χ0) is 12.3. The van der Waals surface area contributed by atoms with E-state index in [1.165, 1.54) is 4.90 Å². The Hall–Kier alpha value is 0.0900. The number of rotatable bonds is 3. The van der Waals surface area contributed by atoms with Crippen LogP contribution in [0.2, 0.25) is 0 Å². The fourth-order valence-electron chi connectivity index (χ4n) is 1.20. The highest BCUT2D eigenvalue weighted by atomic mass is 79.9. The van der Waals surface area contributed by atoms with Gasteiger partial charge in [0.2, 0.25) is 0 Å². The van der Waals surface area contributed by atoms with Gasteiger partial charge in [-0.05, 0) is 50.1 Å². The van der Waals surface area contributed by atoms with Crippen molar-refractivity contribution in [3.8, 4) is 0 Å². The van der Waals surface area contributed by atoms with Gasteiger partial charge in [0.1, 0.15) is 15.0 Å². The highest BCUT2D eigenvalue weighted by Crippen LogP contribution is 2.25. The monoisotopic (exact) mass is 436 g/mol. The zero-order valence-electron chi connectivity index (χ0n) is 8.53. The van der Waals surface area contributed by atoms with Gasteiger partial charge >= 0.3 is 0 Å². The lowest BCUT2D eigenvalue weighted by Crippen LogP contribution is -1.93. The van der Waals surface area contributed by atoms with Crippen LogP contribution in [-0.4, -0.2) is 9.97 Å². The van der Waals surface area contributed by atoms with Crippen molar-refractivity contribution in [2.45, 2.75) is 10.6 Å². The maximum Gasteiger partial charge on any atom is 0.141 e. The Labute approximate surface area is 129 Å². The minimum atomic E-state index is 0.745. The molecule has 88 valence electrons. The van der Waals surface area contributed by atoms with E-state index in [4.69, 9.17) is 0 Å². The van der Waals surface area contributed by atoms with Crippen LogP contribution in [0.25, 0.3) is 0 Å². The molecule has 0 unspecified atom stereocenters. The third kappa shape index (κ3) is 4.35. The first-order valence-electron chi connectivity index (χ1n) is 4.71. The SMILES string of the molecule is Brc1cccc(SCc2nc(Br)cc(Br)n2)c1. The average molecular weight is 439 g/mol. The molecule has 0 atom stereocenters. The summed E-state index contributed by atoms with van der Waals surface area (Å²) in [4.78, 5) is 9.82. The van der Waals surface area contributed by atoms with Crippen LogP contribution < -0.4 is 0 Å². The van der Waals surface area contributed by atoms with Gasteiger partial charge in [-0.2, -0.15) is 0 Å². The van der Waals surface area contributed by atoms with Crippen LogP contribution in [0.1, 0.15) is 5.82 Å². The van der Waals surface area contributed by atoms with Crippen molar-refractivity contribution in [1.82, 2.24) is 9.97 Å². The molecule has 1 aromatic heterocycles. The lowest BCUT2D eigenvalue weighted by atomic mass is 10.4. The standard InChI is InChI=1S/C11H7Br3N2S/c12-7-2-1-3-8(4-7)17-6-11-15-9(13)5-10(14)16-11/h1-5H,6H2. The lowest BCUT2D eigenvalue weighted by molar-refractivity contribution is 0.996. The Morgan fingerprint density at radius 3 is 2.35 bits per heavy atom. The summed E-state index contributed by atoms with van der Waals surface area (Å²) >= 11 is 11.9. The first kappa shape index (κ1) is 13.5. The molecule has 0 N–H and O–H groups in total. The molecule has 2 aromatic rings. The maximum absolute atomic E-state index is 4.31. The van der Waals surface area contributed by atoms with Crippen molar-refractivity contribution in [2.24, 2.45) is 0 Å². The van der Waals surface area contributed by atoms with E-state index < -0.39 is 0 Å². The molecule has 0 bridgehead atoms. The summed E-state index contributed by atoms with van der Waals surface area (Å²) in [6.45, 7) is 0. The zero-order valence-corrected chi connectivity index (χ0v) is 14.1. The van der Waals surface area contributed by atoms with Crippen LogP contribution in [0.15, 0.2) is 48.9 Å². The van der Waals surface area contributed by atoms with Crippen LogP contribution in [0.3, 0.4) is 0 Å². The molecule has 0 saturated carbocycles. The average Bonchev–Trinajstić information content (AvgIpc) is 2.25. The predicted octanol–water partition coefficient (Wildman–Crippen LogP) is 5.06. The Kier molecular flexibility index (Phi) is 5.02. The van der Waals surface area contributed by atoms with E-state index in [1.807, 2.05) is 18.2 Å². The molecule has 0 fully saturated rings. The molecule has 0 aliphatic rings. The first-order valence-corrected chi connectivity index (χ1v) is 8.07. The first-order chi connectivity index (χ1) is 8.13. The van der Waals surface area contributed by atoms with Gasteiger partial charge in [0, 0.05) is 15.4 Å². The number of benzene rings is 1. The van der Waals surface area contributed by atoms with Gasteiger partial charge < -0.3 is 0 Å². The normalized spacial score (nSPS) is 10.5. The van der Waals surface area contributed by atoms with E-state index in [9.17, 15) is 0 Å². The van der Waals surface area contributed by atoms with Gasteiger partial charge in [-0.15, -0.1) is 11.8 Å². The van der Waals surface area contributed by atoms with Gasteiger partial charge in [-0.1, -0.05) is 22.0 Å². The molecule has 2 nitrogen and oxygen atoms in total. The Bertz CT molecular complexity index is 514. The molecule has 0 aliphatic carbocycles. The lowest BCUT2D eigenvalue weighted by Gasteiger charge is -2.02. The summed E-state index contributed by atoms with van der Waals surface area (Å²) in [6.07, 6.45) is 0. The number of hydrogen-bond donors (Lipinski definition) is 0. The second kappa shape index (κ2) is 6.31. The van der Waals surface area contributed by atoms with Crippen LogP contribution in [0, 0.1) is 0 Å². The maximum atomic E-state index is 4.31. The molecular weight excluding hydrogens is 432 g/mol. The van der Waals surface area contributed by atoms with E-state index in [0.717, 1.165) is 25.3 Å². The van der Waals surface area contributed by atoms with Crippen LogP contribution in [0.5, 0.6) is 0 Å². The summed E-state index contributed by atoms with van der Waals surface area (Å²) in [5.74, 6) is 1.55. The number of hydrogen-bond acceptors (Lipinski definition) is 3. The summed E-state index contributed by atoms with van der Waals surface area (Å²) in [6, 6.07) is 10.0. The molecule has 1 heterocycles. The van der Waals surface area contributed by atoms with Gasteiger partial charge in [0.25, 0.3) is 0 Å². The van der Waals surface area contributed by atoms with Crippen molar-refractivity contribution < 1.29 is 0 Å². The van der Waals surface area contributed by atoms with Crippen LogP contribution in [-0.2, 0) is 5.75 Å². The van der Waals surface area contributed by atoms with Crippen molar-refractivity contribution in [1.29, 1.82) is 0 Å². The minimum absolute atomic E-state index is 0.745. The number of halogens is 3. The van der Waals surface area contributed by atoms with Crippen molar-refractivity contribution in [3.63, 3.8) is 0 Å². The molecule has 1 aromatic carbocycles. The van der Waals surface area contributed by atoms with Gasteiger partial charge in [0.05, 0.1) is 5.75 Å². The van der Waals surface area contributed by atoms with Crippen molar-refractivity contribution >= 4 is 59.6 Å². The third-order valence-corrected chi connectivity index (χ3v) is 4.17. The summed E-state index contributed by atoms with van der Waals surface area (Å²) in [7, 11) is 0. The molecule has 0 radical (unpaired) electrons. The minimum Gasteiger partial charge on any atom is -0.225 e. The smallest absolute Gasteiger partial charge is 0.141 e. The van der Waals surface area contributed by atoms with Gasteiger partial charge in [-0.3, -0.25) is 0 Å². The van der Waals surface area contributed by atoms with Crippen LogP contribution >= 0.6 is 59.6 Å². The second-order valence-electron chi connectivity index (χ2n) is 3.18. The molecule has 6 heteroatoms. The summed E-state index contributed by atoms with van der Waals surface area (Å²) < 4.78 is 2.67. The molecular formula is C11H7Br3N2S. The quantitative estimate of drug-likeness (QED) is 0.495. The fourth-order valence-corrected chi connectivity index (χ4v) is 3.71. The molecule has 0 spiro atoms. The summed E-state index contributed by atoms with van der Waals surface area (Å²) in [5, 5.41) is 0. The second-order valence-corrected chi connectivity index (χ2v) is 6.77. The molecule has 17 heavy (non-hydrogen) atoms. The van der Waals surface area contributed by atoms with E-state index in [2.05, 4.69) is 69.9 Å². The molecule has 0 amide bonds. The van der Waals surface area contributed by atoms with E-state index in [-0.39, 0.29) is 0 Å². The largest absolute Gasteiger partial charge is 0.225 e. The molecule has 0 aliphatic heterocycles. The topological polar surface area (TPSA) is 25.8 Å². The Morgan fingerprint density at radius 2 is 1.71 bits per heavy atom. The van der Waals surface area contributed by atoms with E-state index >= 15 is 0 Å². The van der Waals surface area contributed by atoms with E-state index in [1.54, 1.807) is 11.8 Å². The summed E-state index contributed by atoms with van der Waals surface area (Å²) in [5.41, 5.74) is 0. The van der Waals surface area contributed by atoms with Gasteiger partial charge in [-0.25, -0.2) is 9.97 Å². The van der Waals surface area contributed by atoms with Crippen molar-refractivity contribution in [3.05, 3.63) is 49.8 Å². The number of aromatic nitrogens is 2. The van der Waals surface area contributed by atoms with Crippen LogP contribution in [0.4, 0.5) is 0 Å². The Balaban J connectivity index is 2.07. The predicted molar refractivity (Wildman–Crippen MR) is 81.1 cm³/mol. The third-order valence-electron chi connectivity index (χ3n) is 1.87. The highest BCUT2D eigenvalue weighted by molar-refractivity contribution is 9.11.